The van der Waals surface area contributed by atoms with Crippen LogP contribution >= 0.6 is 0 Å². The molecule has 0 aromatic heterocycles. The molecular formula is C33H43N2+. The molecule has 2 heteroatoms. The van der Waals surface area contributed by atoms with Crippen molar-refractivity contribution in [3.63, 3.8) is 0 Å². The third-order valence-electron chi connectivity index (χ3n) is 7.88. The zero-order valence-electron chi connectivity index (χ0n) is 22.6. The SMILES string of the molecule is CCCCCC[N+]1=C(C=CC=CC=C2N(CC)c3ccccc3C2(C)C)C(C)(C)c2ccccc21. The van der Waals surface area contributed by atoms with Crippen molar-refractivity contribution in [3.8, 4) is 0 Å². The normalized spacial score (nSPS) is 19.4. The van der Waals surface area contributed by atoms with Gasteiger partial charge in [-0.05, 0) is 44.9 Å². The molecule has 35 heavy (non-hydrogen) atoms. The van der Waals surface area contributed by atoms with Crippen LogP contribution in [0.2, 0.25) is 0 Å². The van der Waals surface area contributed by atoms with E-state index in [0.29, 0.717) is 0 Å². The van der Waals surface area contributed by atoms with Crippen molar-refractivity contribution >= 4 is 17.1 Å². The van der Waals surface area contributed by atoms with Crippen molar-refractivity contribution in [3.05, 3.63) is 95.7 Å². The predicted octanol–water partition coefficient (Wildman–Crippen LogP) is 8.46. The molecule has 0 amide bonds. The zero-order chi connectivity index (χ0) is 25.1. The molecule has 2 aromatic rings. The highest BCUT2D eigenvalue weighted by atomic mass is 15.2. The third-order valence-corrected chi connectivity index (χ3v) is 7.88. The van der Waals surface area contributed by atoms with E-state index in [1.165, 1.54) is 59.6 Å². The number of rotatable bonds is 9. The van der Waals surface area contributed by atoms with Gasteiger partial charge in [0.2, 0.25) is 5.69 Å². The van der Waals surface area contributed by atoms with Gasteiger partial charge in [-0.15, -0.1) is 0 Å². The maximum absolute atomic E-state index is 2.56. The molecule has 2 heterocycles. The summed E-state index contributed by atoms with van der Waals surface area (Å²) in [5, 5.41) is 0. The van der Waals surface area contributed by atoms with E-state index >= 15 is 0 Å². The molecule has 0 N–H and O–H groups in total. The van der Waals surface area contributed by atoms with E-state index < -0.39 is 0 Å². The van der Waals surface area contributed by atoms with Crippen LogP contribution in [0.5, 0.6) is 0 Å². The Morgan fingerprint density at radius 1 is 0.771 bits per heavy atom. The number of unbranched alkanes of at least 4 members (excludes halogenated alkanes) is 3. The minimum atomic E-state index is 0.0122. The molecule has 0 atom stereocenters. The smallest absolute Gasteiger partial charge is 0.209 e. The first kappa shape index (κ1) is 25.2. The molecule has 0 radical (unpaired) electrons. The maximum Gasteiger partial charge on any atom is 0.209 e. The Kier molecular flexibility index (Phi) is 7.50. The number of nitrogens with zero attached hydrogens (tertiary/aromatic N) is 2. The summed E-state index contributed by atoms with van der Waals surface area (Å²) in [6.07, 6.45) is 16.4. The molecule has 2 aliphatic rings. The van der Waals surface area contributed by atoms with E-state index in [0.717, 1.165) is 13.1 Å². The summed E-state index contributed by atoms with van der Waals surface area (Å²) in [4.78, 5) is 2.45. The fourth-order valence-corrected chi connectivity index (χ4v) is 5.92. The number of hydrogen-bond acceptors (Lipinski definition) is 1. The van der Waals surface area contributed by atoms with Crippen LogP contribution in [0.25, 0.3) is 0 Å². The first-order valence-electron chi connectivity index (χ1n) is 13.5. The number of benzene rings is 2. The summed E-state index contributed by atoms with van der Waals surface area (Å²) in [6, 6.07) is 17.8. The molecule has 2 aliphatic heterocycles. The lowest BCUT2D eigenvalue weighted by Crippen LogP contribution is -2.27. The van der Waals surface area contributed by atoms with Gasteiger partial charge in [-0.25, -0.2) is 0 Å². The van der Waals surface area contributed by atoms with Crippen LogP contribution in [0.15, 0.2) is 84.6 Å². The number of anilines is 1. The molecule has 4 rings (SSSR count). The first-order valence-corrected chi connectivity index (χ1v) is 13.5. The second-order valence-electron chi connectivity index (χ2n) is 10.9. The van der Waals surface area contributed by atoms with E-state index in [1.807, 2.05) is 0 Å². The van der Waals surface area contributed by atoms with Crippen LogP contribution in [0.1, 0.15) is 78.4 Å². The van der Waals surface area contributed by atoms with Crippen molar-refractivity contribution < 1.29 is 4.58 Å². The summed E-state index contributed by atoms with van der Waals surface area (Å²) in [7, 11) is 0. The lowest BCUT2D eigenvalue weighted by atomic mass is 9.81. The van der Waals surface area contributed by atoms with Gasteiger partial charge in [0.05, 0.1) is 5.41 Å². The molecule has 0 saturated heterocycles. The number of para-hydroxylation sites is 2. The Hall–Kier alpha value is -2.87. The van der Waals surface area contributed by atoms with Crippen molar-refractivity contribution in [2.45, 2.75) is 78.1 Å². The van der Waals surface area contributed by atoms with Gasteiger partial charge >= 0.3 is 0 Å². The van der Waals surface area contributed by atoms with Crippen LogP contribution < -0.4 is 4.90 Å². The number of fused-ring (bicyclic) bond motifs is 2. The summed E-state index contributed by atoms with van der Waals surface area (Å²) in [5.74, 6) is 0. The van der Waals surface area contributed by atoms with Crippen LogP contribution in [0, 0.1) is 0 Å². The van der Waals surface area contributed by atoms with Crippen LogP contribution in [-0.4, -0.2) is 23.4 Å². The largest absolute Gasteiger partial charge is 0.344 e. The molecular weight excluding hydrogens is 424 g/mol. The van der Waals surface area contributed by atoms with Crippen molar-refractivity contribution in [2.75, 3.05) is 18.0 Å². The van der Waals surface area contributed by atoms with Gasteiger partial charge in [-0.1, -0.05) is 88.2 Å². The van der Waals surface area contributed by atoms with Gasteiger partial charge in [0.1, 0.15) is 6.54 Å². The van der Waals surface area contributed by atoms with Gasteiger partial charge in [0, 0.05) is 47.5 Å². The quantitative estimate of drug-likeness (QED) is 0.204. The predicted molar refractivity (Wildman–Crippen MR) is 152 cm³/mol. The second-order valence-corrected chi connectivity index (χ2v) is 10.9. The topological polar surface area (TPSA) is 6.25 Å². The van der Waals surface area contributed by atoms with E-state index in [4.69, 9.17) is 0 Å². The fourth-order valence-electron chi connectivity index (χ4n) is 5.92. The Morgan fingerprint density at radius 2 is 1.49 bits per heavy atom. The van der Waals surface area contributed by atoms with Gasteiger partial charge in [-0.2, -0.15) is 4.58 Å². The molecule has 184 valence electrons. The average molecular weight is 468 g/mol. The average Bonchev–Trinajstić information content (AvgIpc) is 3.20. The Balaban J connectivity index is 1.58. The summed E-state index contributed by atoms with van der Waals surface area (Å²) >= 11 is 0. The van der Waals surface area contributed by atoms with Crippen molar-refractivity contribution in [2.24, 2.45) is 0 Å². The molecule has 2 aromatic carbocycles. The Labute approximate surface area is 213 Å². The zero-order valence-corrected chi connectivity index (χ0v) is 22.6. The highest BCUT2D eigenvalue weighted by molar-refractivity contribution is 6.03. The van der Waals surface area contributed by atoms with Crippen molar-refractivity contribution in [1.29, 1.82) is 0 Å². The van der Waals surface area contributed by atoms with Gasteiger partial charge in [-0.3, -0.25) is 0 Å². The van der Waals surface area contributed by atoms with Gasteiger partial charge < -0.3 is 4.90 Å². The summed E-state index contributed by atoms with van der Waals surface area (Å²) in [6.45, 7) is 16.0. The van der Waals surface area contributed by atoms with Crippen LogP contribution in [-0.2, 0) is 10.8 Å². The van der Waals surface area contributed by atoms with E-state index in [1.54, 1.807) is 0 Å². The molecule has 0 unspecified atom stereocenters. The highest BCUT2D eigenvalue weighted by Crippen LogP contribution is 2.47. The monoisotopic (exact) mass is 467 g/mol. The first-order chi connectivity index (χ1) is 16.8. The third kappa shape index (κ3) is 4.68. The molecule has 0 fully saturated rings. The lowest BCUT2D eigenvalue weighted by molar-refractivity contribution is -0.438. The molecule has 0 aliphatic carbocycles. The van der Waals surface area contributed by atoms with E-state index in [2.05, 4.69) is 130 Å². The lowest BCUT2D eigenvalue weighted by Gasteiger charge is -2.25. The van der Waals surface area contributed by atoms with Crippen molar-refractivity contribution in [1.82, 2.24) is 0 Å². The number of hydrogen-bond donors (Lipinski definition) is 0. The standard InChI is InChI=1S/C33H43N2/c1-7-9-10-18-25-35-29-22-17-15-20-27(29)33(5,6)31(35)24-13-11-12-23-30-32(3,4)26-19-14-16-21-28(26)34(30)8-2/h11-17,19-24H,7-10,18,25H2,1-6H3/q+1. The minimum absolute atomic E-state index is 0.0122. The molecule has 0 saturated carbocycles. The molecule has 0 spiro atoms. The van der Waals surface area contributed by atoms with Crippen LogP contribution in [0.4, 0.5) is 11.4 Å². The van der Waals surface area contributed by atoms with E-state index in [9.17, 15) is 0 Å². The van der Waals surface area contributed by atoms with Gasteiger partial charge in [0.15, 0.2) is 5.71 Å². The second kappa shape index (κ2) is 10.4. The summed E-state index contributed by atoms with van der Waals surface area (Å²) < 4.78 is 2.56. The highest BCUT2D eigenvalue weighted by Gasteiger charge is 2.43. The maximum atomic E-state index is 2.56. The van der Waals surface area contributed by atoms with Gasteiger partial charge in [0.25, 0.3) is 0 Å². The molecule has 0 bridgehead atoms. The summed E-state index contributed by atoms with van der Waals surface area (Å²) in [5.41, 5.74) is 8.36. The van der Waals surface area contributed by atoms with Crippen LogP contribution in [0.3, 0.4) is 0 Å². The number of allylic oxidation sites excluding steroid dienone is 6. The number of likely N-dealkylation sites (N-methyl/N-ethyl adjacent to an activating group) is 1. The molecule has 2 nitrogen and oxygen atoms in total. The van der Waals surface area contributed by atoms with E-state index in [-0.39, 0.29) is 10.8 Å². The fraction of sp³-hybridized carbons (Fsp3) is 0.424. The minimum Gasteiger partial charge on any atom is -0.344 e. The Bertz CT molecular complexity index is 1170. The Morgan fingerprint density at radius 3 is 2.23 bits per heavy atom.